The van der Waals surface area contributed by atoms with Gasteiger partial charge in [-0.2, -0.15) is 0 Å². The average Bonchev–Trinajstić information content (AvgIpc) is 3.16. The number of nitrogens with zero attached hydrogens (tertiary/aromatic N) is 2. The van der Waals surface area contributed by atoms with Crippen LogP contribution in [0.2, 0.25) is 0 Å². The fourth-order valence-electron chi connectivity index (χ4n) is 3.04. The van der Waals surface area contributed by atoms with E-state index in [1.807, 2.05) is 38.1 Å². The lowest BCUT2D eigenvalue weighted by Gasteiger charge is -2.12. The Bertz CT molecular complexity index is 1280. The first kappa shape index (κ1) is 19.5. The van der Waals surface area contributed by atoms with Gasteiger partial charge in [-0.3, -0.25) is 9.59 Å². The standard InChI is InChI=1S/C22H19N5O2S/c1-12-4-3-5-14(8-12)21(28)26-15-7-6-13(2)17(9-15)27-22(29)16-10-30-19-18(16)24-11-25-20(19)23/h3-11H,1-2H3,(H,26,28)(H,27,29)(H2,23,24,25). The number of thiophene rings is 1. The van der Waals surface area contributed by atoms with Gasteiger partial charge in [0.2, 0.25) is 0 Å². The van der Waals surface area contributed by atoms with Gasteiger partial charge in [-0.1, -0.05) is 23.8 Å². The Balaban J connectivity index is 1.56. The van der Waals surface area contributed by atoms with Crippen LogP contribution in [0.4, 0.5) is 17.2 Å². The molecule has 150 valence electrons. The van der Waals surface area contributed by atoms with Gasteiger partial charge in [-0.05, 0) is 43.7 Å². The summed E-state index contributed by atoms with van der Waals surface area (Å²) in [5.41, 5.74) is 10.4. The first-order valence-electron chi connectivity index (χ1n) is 9.20. The van der Waals surface area contributed by atoms with Gasteiger partial charge in [0.15, 0.2) is 0 Å². The predicted octanol–water partition coefficient (Wildman–Crippen LogP) is 4.39. The highest BCUT2D eigenvalue weighted by atomic mass is 32.1. The van der Waals surface area contributed by atoms with Gasteiger partial charge >= 0.3 is 0 Å². The van der Waals surface area contributed by atoms with Crippen LogP contribution in [0.5, 0.6) is 0 Å². The van der Waals surface area contributed by atoms with Crippen LogP contribution < -0.4 is 16.4 Å². The molecule has 2 aromatic heterocycles. The maximum atomic E-state index is 12.9. The lowest BCUT2D eigenvalue weighted by Crippen LogP contribution is -2.15. The minimum absolute atomic E-state index is 0.212. The molecule has 0 fully saturated rings. The zero-order valence-electron chi connectivity index (χ0n) is 16.4. The Morgan fingerprint density at radius 1 is 1.00 bits per heavy atom. The van der Waals surface area contributed by atoms with Crippen LogP contribution in [-0.4, -0.2) is 21.8 Å². The number of hydrogen-bond donors (Lipinski definition) is 3. The van der Waals surface area contributed by atoms with Gasteiger partial charge in [-0.15, -0.1) is 11.3 Å². The number of benzene rings is 2. The van der Waals surface area contributed by atoms with Crippen LogP contribution in [0.3, 0.4) is 0 Å². The summed E-state index contributed by atoms with van der Waals surface area (Å²) >= 11 is 1.33. The maximum absolute atomic E-state index is 12.9. The summed E-state index contributed by atoms with van der Waals surface area (Å²) < 4.78 is 0.679. The molecule has 7 nitrogen and oxygen atoms in total. The number of aromatic nitrogens is 2. The number of amides is 2. The van der Waals surface area contributed by atoms with E-state index in [0.29, 0.717) is 38.5 Å². The lowest BCUT2D eigenvalue weighted by molar-refractivity contribution is 0.102. The quantitative estimate of drug-likeness (QED) is 0.456. The van der Waals surface area contributed by atoms with E-state index in [2.05, 4.69) is 20.6 Å². The molecule has 0 aliphatic heterocycles. The van der Waals surface area contributed by atoms with Crippen molar-refractivity contribution in [3.05, 3.63) is 76.4 Å². The first-order chi connectivity index (χ1) is 14.4. The molecule has 0 saturated carbocycles. The molecule has 0 spiro atoms. The third kappa shape index (κ3) is 3.85. The molecule has 4 aromatic rings. The Labute approximate surface area is 177 Å². The molecule has 0 aliphatic carbocycles. The average molecular weight is 417 g/mol. The molecule has 4 N–H and O–H groups in total. The molecule has 4 rings (SSSR count). The van der Waals surface area contributed by atoms with Gasteiger partial charge < -0.3 is 16.4 Å². The molecule has 0 bridgehead atoms. The molecule has 8 heteroatoms. The van der Waals surface area contributed by atoms with E-state index in [1.165, 1.54) is 17.7 Å². The largest absolute Gasteiger partial charge is 0.382 e. The molecule has 2 heterocycles. The van der Waals surface area contributed by atoms with Crippen molar-refractivity contribution < 1.29 is 9.59 Å². The summed E-state index contributed by atoms with van der Waals surface area (Å²) in [5.74, 6) is -0.165. The first-order valence-corrected chi connectivity index (χ1v) is 10.1. The monoisotopic (exact) mass is 417 g/mol. The predicted molar refractivity (Wildman–Crippen MR) is 120 cm³/mol. The second-order valence-electron chi connectivity index (χ2n) is 6.89. The van der Waals surface area contributed by atoms with E-state index >= 15 is 0 Å². The normalized spacial score (nSPS) is 10.7. The molecule has 0 atom stereocenters. The van der Waals surface area contributed by atoms with Crippen molar-refractivity contribution in [1.82, 2.24) is 9.97 Å². The molecule has 2 aromatic carbocycles. The molecule has 30 heavy (non-hydrogen) atoms. The van der Waals surface area contributed by atoms with E-state index in [4.69, 9.17) is 5.73 Å². The Morgan fingerprint density at radius 2 is 1.83 bits per heavy atom. The van der Waals surface area contributed by atoms with Crippen LogP contribution in [0, 0.1) is 13.8 Å². The number of rotatable bonds is 4. The van der Waals surface area contributed by atoms with Crippen LogP contribution in [0.15, 0.2) is 54.2 Å². The maximum Gasteiger partial charge on any atom is 0.258 e. The van der Waals surface area contributed by atoms with Crippen molar-refractivity contribution in [3.63, 3.8) is 0 Å². The highest BCUT2D eigenvalue weighted by Gasteiger charge is 2.17. The van der Waals surface area contributed by atoms with Crippen LogP contribution in [0.25, 0.3) is 10.2 Å². The molecule has 0 aliphatic rings. The third-order valence-corrected chi connectivity index (χ3v) is 5.64. The second kappa shape index (κ2) is 7.92. The summed E-state index contributed by atoms with van der Waals surface area (Å²) in [6, 6.07) is 12.7. The zero-order chi connectivity index (χ0) is 21.3. The van der Waals surface area contributed by atoms with E-state index in [0.717, 1.165) is 11.1 Å². The zero-order valence-corrected chi connectivity index (χ0v) is 17.2. The van der Waals surface area contributed by atoms with Crippen molar-refractivity contribution in [2.24, 2.45) is 0 Å². The number of nitrogen functional groups attached to an aromatic ring is 1. The number of carbonyl (C=O) groups excluding carboxylic acids is 2. The molecular formula is C22H19N5O2S. The number of fused-ring (bicyclic) bond motifs is 1. The van der Waals surface area contributed by atoms with Crippen molar-refractivity contribution in [1.29, 1.82) is 0 Å². The molecular weight excluding hydrogens is 398 g/mol. The topological polar surface area (TPSA) is 110 Å². The van der Waals surface area contributed by atoms with Gasteiger partial charge in [0.05, 0.1) is 15.8 Å². The van der Waals surface area contributed by atoms with Crippen LogP contribution >= 0.6 is 11.3 Å². The number of nitrogens with two attached hydrogens (primary N) is 1. The minimum Gasteiger partial charge on any atom is -0.382 e. The number of nitrogens with one attached hydrogen (secondary N) is 2. The fraction of sp³-hybridized carbons (Fsp3) is 0.0909. The molecule has 2 amide bonds. The smallest absolute Gasteiger partial charge is 0.258 e. The third-order valence-electron chi connectivity index (χ3n) is 4.65. The SMILES string of the molecule is Cc1cccc(C(=O)Nc2ccc(C)c(NC(=O)c3csc4c(N)ncnc34)c2)c1. The van der Waals surface area contributed by atoms with E-state index in [9.17, 15) is 9.59 Å². The Morgan fingerprint density at radius 3 is 2.63 bits per heavy atom. The van der Waals surface area contributed by atoms with Crippen molar-refractivity contribution in [2.75, 3.05) is 16.4 Å². The second-order valence-corrected chi connectivity index (χ2v) is 7.77. The molecule has 0 radical (unpaired) electrons. The summed E-state index contributed by atoms with van der Waals surface area (Å²) in [4.78, 5) is 33.5. The number of aryl methyl sites for hydroxylation is 2. The van der Waals surface area contributed by atoms with Crippen molar-refractivity contribution in [2.45, 2.75) is 13.8 Å². The minimum atomic E-state index is -0.301. The summed E-state index contributed by atoms with van der Waals surface area (Å²) in [6.45, 7) is 3.82. The van der Waals surface area contributed by atoms with Gasteiger partial charge in [0.25, 0.3) is 11.8 Å². The van der Waals surface area contributed by atoms with Crippen molar-refractivity contribution in [3.8, 4) is 0 Å². The van der Waals surface area contributed by atoms with Gasteiger partial charge in [-0.25, -0.2) is 9.97 Å². The number of carbonyl (C=O) groups is 2. The summed E-state index contributed by atoms with van der Waals surface area (Å²) in [5, 5.41) is 7.49. The van der Waals surface area contributed by atoms with Crippen LogP contribution in [-0.2, 0) is 0 Å². The van der Waals surface area contributed by atoms with Crippen LogP contribution in [0.1, 0.15) is 31.8 Å². The Kier molecular flexibility index (Phi) is 5.16. The summed E-state index contributed by atoms with van der Waals surface area (Å²) in [6.07, 6.45) is 1.34. The molecule has 0 saturated heterocycles. The van der Waals surface area contributed by atoms with Crippen molar-refractivity contribution >= 4 is 50.6 Å². The lowest BCUT2D eigenvalue weighted by atomic mass is 10.1. The van der Waals surface area contributed by atoms with E-state index in [1.54, 1.807) is 23.6 Å². The van der Waals surface area contributed by atoms with Gasteiger partial charge in [0, 0.05) is 22.3 Å². The highest BCUT2D eigenvalue weighted by molar-refractivity contribution is 7.18. The number of anilines is 3. The van der Waals surface area contributed by atoms with E-state index in [-0.39, 0.29) is 11.8 Å². The summed E-state index contributed by atoms with van der Waals surface area (Å²) in [7, 11) is 0. The Hall–Kier alpha value is -3.78. The molecule has 0 unspecified atom stereocenters. The van der Waals surface area contributed by atoms with E-state index < -0.39 is 0 Å². The highest BCUT2D eigenvalue weighted by Crippen LogP contribution is 2.29. The fourth-order valence-corrected chi connectivity index (χ4v) is 3.95. The van der Waals surface area contributed by atoms with Gasteiger partial charge in [0.1, 0.15) is 12.1 Å². The number of hydrogen-bond acceptors (Lipinski definition) is 6.